The van der Waals surface area contributed by atoms with Gasteiger partial charge in [0.2, 0.25) is 0 Å². The Kier molecular flexibility index (Phi) is 6.05. The van der Waals surface area contributed by atoms with Crippen molar-refractivity contribution in [2.75, 3.05) is 13.1 Å². The van der Waals surface area contributed by atoms with Crippen molar-refractivity contribution in [1.29, 1.82) is 0 Å². The summed E-state index contributed by atoms with van der Waals surface area (Å²) in [7, 11) is 0. The predicted molar refractivity (Wildman–Crippen MR) is 93.4 cm³/mol. The quantitative estimate of drug-likeness (QED) is 0.940. The lowest BCUT2D eigenvalue weighted by Crippen LogP contribution is -2.24. The minimum absolute atomic E-state index is 0. The van der Waals surface area contributed by atoms with E-state index in [2.05, 4.69) is 47.8 Å². The third-order valence-corrected chi connectivity index (χ3v) is 3.81. The van der Waals surface area contributed by atoms with Gasteiger partial charge in [0, 0.05) is 13.0 Å². The molecule has 0 amide bonds. The van der Waals surface area contributed by atoms with Crippen molar-refractivity contribution in [3.63, 3.8) is 0 Å². The molecule has 1 aliphatic heterocycles. The summed E-state index contributed by atoms with van der Waals surface area (Å²) in [5, 5.41) is 3.34. The zero-order chi connectivity index (χ0) is 13.4. The maximum atomic E-state index is 4.76. The number of fused-ring (bicyclic) bond motifs is 1. The number of aromatic nitrogens is 2. The fourth-order valence-corrected chi connectivity index (χ4v) is 2.58. The number of imidazole rings is 1. The number of halogens is 2. The smallest absolute Gasteiger partial charge is 0.117 e. The lowest BCUT2D eigenvalue weighted by molar-refractivity contribution is 0.776. The molecule has 0 fully saturated rings. The third kappa shape index (κ3) is 3.33. The average molecular weight is 329 g/mol. The summed E-state index contributed by atoms with van der Waals surface area (Å²) in [6.07, 6.45) is 0.944. The zero-order valence-electron chi connectivity index (χ0n) is 12.6. The Labute approximate surface area is 137 Å². The second kappa shape index (κ2) is 7.14. The summed E-state index contributed by atoms with van der Waals surface area (Å²) in [5.74, 6) is 2.21. The number of benzene rings is 1. The highest BCUT2D eigenvalue weighted by molar-refractivity contribution is 5.86. The maximum Gasteiger partial charge on any atom is 0.117 e. The van der Waals surface area contributed by atoms with Gasteiger partial charge in [-0.2, -0.15) is 0 Å². The topological polar surface area (TPSA) is 42.2 Å². The van der Waals surface area contributed by atoms with Crippen molar-refractivity contribution in [1.82, 2.24) is 14.9 Å². The van der Waals surface area contributed by atoms with Crippen LogP contribution in [0.4, 0.5) is 0 Å². The van der Waals surface area contributed by atoms with Crippen LogP contribution >= 0.6 is 24.8 Å². The Hall–Kier alpha value is -1.26. The summed E-state index contributed by atoms with van der Waals surface area (Å²) < 4.78 is 2.29. The first-order chi connectivity index (χ1) is 9.19. The predicted octanol–water partition coefficient (Wildman–Crippen LogP) is 3.06. The van der Waals surface area contributed by atoms with Gasteiger partial charge >= 0.3 is 0 Å². The molecule has 1 aliphatic rings. The fourth-order valence-electron chi connectivity index (χ4n) is 2.58. The molecule has 0 atom stereocenters. The molecule has 0 saturated heterocycles. The average Bonchev–Trinajstić information content (AvgIpc) is 3.00. The Morgan fingerprint density at radius 2 is 1.90 bits per heavy atom. The van der Waals surface area contributed by atoms with E-state index in [1.165, 1.54) is 16.6 Å². The zero-order valence-corrected chi connectivity index (χ0v) is 14.3. The van der Waals surface area contributed by atoms with E-state index in [1.54, 1.807) is 0 Å². The van der Waals surface area contributed by atoms with Crippen molar-refractivity contribution in [2.24, 2.45) is 4.99 Å². The number of hydrogen-bond donors (Lipinski definition) is 1. The third-order valence-electron chi connectivity index (χ3n) is 3.81. The van der Waals surface area contributed by atoms with Crippen LogP contribution in [0.5, 0.6) is 0 Å². The Morgan fingerprint density at radius 3 is 2.52 bits per heavy atom. The van der Waals surface area contributed by atoms with Crippen LogP contribution in [-0.2, 0) is 13.0 Å². The number of nitrogens with one attached hydrogen (secondary N) is 1. The van der Waals surface area contributed by atoms with Gasteiger partial charge in [0.05, 0.1) is 24.1 Å². The summed E-state index contributed by atoms with van der Waals surface area (Å²) in [5.41, 5.74) is 4.93. The highest BCUT2D eigenvalue weighted by atomic mass is 35.5. The number of amidine groups is 1. The lowest BCUT2D eigenvalue weighted by Gasteiger charge is -2.09. The van der Waals surface area contributed by atoms with Crippen LogP contribution < -0.4 is 5.32 Å². The van der Waals surface area contributed by atoms with Crippen LogP contribution in [0.2, 0.25) is 0 Å². The molecule has 6 heteroatoms. The standard InChI is InChI=1S/C15H20N4.2ClH/c1-4-15-18-12-7-10(2)11(3)8-13(12)19(15)9-14-16-5-6-17-14;;/h7-8H,4-6,9H2,1-3H3,(H,16,17);2*1H. The monoisotopic (exact) mass is 328 g/mol. The molecule has 0 bridgehead atoms. The first-order valence-electron chi connectivity index (χ1n) is 6.92. The molecule has 21 heavy (non-hydrogen) atoms. The minimum Gasteiger partial charge on any atom is -0.370 e. The molecule has 3 rings (SSSR count). The molecule has 0 radical (unpaired) electrons. The molecule has 4 nitrogen and oxygen atoms in total. The van der Waals surface area contributed by atoms with Crippen LogP contribution in [0, 0.1) is 13.8 Å². The normalized spacial score (nSPS) is 13.4. The first-order valence-corrected chi connectivity index (χ1v) is 6.92. The molecular weight excluding hydrogens is 307 g/mol. The SMILES string of the molecule is CCc1nc2cc(C)c(C)cc2n1CC1=NCCN1.Cl.Cl. The van der Waals surface area contributed by atoms with Crippen molar-refractivity contribution in [3.05, 3.63) is 29.1 Å². The molecule has 1 N–H and O–H groups in total. The molecule has 1 aromatic carbocycles. The van der Waals surface area contributed by atoms with Gasteiger partial charge in [-0.25, -0.2) is 4.98 Å². The number of hydrogen-bond acceptors (Lipinski definition) is 3. The highest BCUT2D eigenvalue weighted by Gasteiger charge is 2.14. The Balaban J connectivity index is 0.00000110. The van der Waals surface area contributed by atoms with E-state index in [0.29, 0.717) is 0 Å². The van der Waals surface area contributed by atoms with Crippen LogP contribution in [0.25, 0.3) is 11.0 Å². The van der Waals surface area contributed by atoms with E-state index >= 15 is 0 Å². The van der Waals surface area contributed by atoms with Crippen molar-refractivity contribution >= 4 is 41.7 Å². The molecule has 0 unspecified atom stereocenters. The van der Waals surface area contributed by atoms with E-state index < -0.39 is 0 Å². The van der Waals surface area contributed by atoms with E-state index in [-0.39, 0.29) is 24.8 Å². The van der Waals surface area contributed by atoms with Gasteiger partial charge in [0.1, 0.15) is 11.7 Å². The lowest BCUT2D eigenvalue weighted by atomic mass is 10.1. The number of aryl methyl sites for hydroxylation is 3. The number of rotatable bonds is 3. The highest BCUT2D eigenvalue weighted by Crippen LogP contribution is 2.21. The van der Waals surface area contributed by atoms with Gasteiger partial charge in [0.15, 0.2) is 0 Å². The van der Waals surface area contributed by atoms with Gasteiger partial charge < -0.3 is 9.88 Å². The summed E-state index contributed by atoms with van der Waals surface area (Å²) in [6.45, 7) is 9.11. The molecule has 116 valence electrons. The molecule has 2 aromatic rings. The van der Waals surface area contributed by atoms with Crippen molar-refractivity contribution in [3.8, 4) is 0 Å². The Bertz CT molecular complexity index is 661. The molecule has 1 aromatic heterocycles. The van der Waals surface area contributed by atoms with Crippen molar-refractivity contribution < 1.29 is 0 Å². The second-order valence-corrected chi connectivity index (χ2v) is 5.15. The summed E-state index contributed by atoms with van der Waals surface area (Å²) >= 11 is 0. The first kappa shape index (κ1) is 17.8. The van der Waals surface area contributed by atoms with E-state index in [4.69, 9.17) is 4.98 Å². The van der Waals surface area contributed by atoms with Gasteiger partial charge in [-0.3, -0.25) is 4.99 Å². The molecule has 0 spiro atoms. The molecule has 0 aliphatic carbocycles. The summed E-state index contributed by atoms with van der Waals surface area (Å²) in [4.78, 5) is 9.25. The van der Waals surface area contributed by atoms with Crippen LogP contribution in [0.15, 0.2) is 17.1 Å². The van der Waals surface area contributed by atoms with Gasteiger partial charge in [-0.15, -0.1) is 24.8 Å². The van der Waals surface area contributed by atoms with Gasteiger partial charge in [-0.05, 0) is 37.1 Å². The van der Waals surface area contributed by atoms with Gasteiger partial charge in [-0.1, -0.05) is 6.92 Å². The Morgan fingerprint density at radius 1 is 1.19 bits per heavy atom. The minimum atomic E-state index is 0. The van der Waals surface area contributed by atoms with Crippen LogP contribution in [-0.4, -0.2) is 28.5 Å². The van der Waals surface area contributed by atoms with Crippen LogP contribution in [0.3, 0.4) is 0 Å². The fraction of sp³-hybridized carbons (Fsp3) is 0.467. The second-order valence-electron chi connectivity index (χ2n) is 5.15. The maximum absolute atomic E-state index is 4.76. The van der Waals surface area contributed by atoms with Crippen LogP contribution in [0.1, 0.15) is 23.9 Å². The van der Waals surface area contributed by atoms with Gasteiger partial charge in [0.25, 0.3) is 0 Å². The van der Waals surface area contributed by atoms with Crippen molar-refractivity contribution in [2.45, 2.75) is 33.7 Å². The number of aliphatic imine (C=N–C) groups is 1. The molecule has 0 saturated carbocycles. The van der Waals surface area contributed by atoms with E-state index in [1.807, 2.05) is 0 Å². The van der Waals surface area contributed by atoms with E-state index in [9.17, 15) is 0 Å². The number of nitrogens with zero attached hydrogens (tertiary/aromatic N) is 3. The van der Waals surface area contributed by atoms with E-state index in [0.717, 1.165) is 43.2 Å². The molecular formula is C15H22Cl2N4. The largest absolute Gasteiger partial charge is 0.370 e. The molecule has 2 heterocycles. The summed E-state index contributed by atoms with van der Waals surface area (Å²) in [6, 6.07) is 4.43.